The van der Waals surface area contributed by atoms with Crippen LogP contribution in [0.3, 0.4) is 0 Å². The van der Waals surface area contributed by atoms with Crippen LogP contribution in [0.2, 0.25) is 0 Å². The summed E-state index contributed by atoms with van der Waals surface area (Å²) >= 11 is 0. The van der Waals surface area contributed by atoms with Crippen LogP contribution < -0.4 is 4.74 Å². The van der Waals surface area contributed by atoms with Gasteiger partial charge in [0.05, 0.1) is 23.5 Å². The maximum Gasteiger partial charge on any atom is 0.304 e. The van der Waals surface area contributed by atoms with Gasteiger partial charge in [0.2, 0.25) is 5.78 Å². The van der Waals surface area contributed by atoms with Crippen molar-refractivity contribution in [2.75, 3.05) is 0 Å². The Kier molecular flexibility index (Phi) is 6.23. The lowest BCUT2D eigenvalue weighted by Gasteiger charge is -2.14. The molecule has 0 saturated carbocycles. The number of pyridine rings is 1. The van der Waals surface area contributed by atoms with Crippen LogP contribution in [-0.4, -0.2) is 44.2 Å². The van der Waals surface area contributed by atoms with Crippen LogP contribution in [0.15, 0.2) is 29.8 Å². The maximum absolute atomic E-state index is 13.2. The van der Waals surface area contributed by atoms with Crippen molar-refractivity contribution in [2.45, 2.75) is 52.4 Å². The van der Waals surface area contributed by atoms with E-state index >= 15 is 0 Å². The van der Waals surface area contributed by atoms with Gasteiger partial charge in [0.1, 0.15) is 17.1 Å². The average molecular weight is 423 g/mol. The lowest BCUT2D eigenvalue weighted by molar-refractivity contribution is -0.116. The van der Waals surface area contributed by atoms with Crippen molar-refractivity contribution in [1.82, 2.24) is 14.8 Å². The van der Waals surface area contributed by atoms with Gasteiger partial charge in [-0.2, -0.15) is 9.49 Å². The van der Waals surface area contributed by atoms with Crippen LogP contribution in [0.4, 0.5) is 13.2 Å². The molecule has 0 amide bonds. The summed E-state index contributed by atoms with van der Waals surface area (Å²) in [7, 11) is 0. The highest BCUT2D eigenvalue weighted by molar-refractivity contribution is 6.27. The SMILES string of the molecule is Cc1nn(Cc2nccc(OC(F)C(F)F)c2C)cc1C(=O)C1=C(O)CCCC1=O. The first-order valence-electron chi connectivity index (χ1n) is 9.26. The summed E-state index contributed by atoms with van der Waals surface area (Å²) in [5.41, 5.74) is 1.04. The monoisotopic (exact) mass is 423 g/mol. The molecule has 7 nitrogen and oxygen atoms in total. The third-order valence-electron chi connectivity index (χ3n) is 4.81. The van der Waals surface area contributed by atoms with Crippen molar-refractivity contribution in [3.8, 4) is 5.75 Å². The lowest BCUT2D eigenvalue weighted by atomic mass is 9.91. The second-order valence-electron chi connectivity index (χ2n) is 6.94. The summed E-state index contributed by atoms with van der Waals surface area (Å²) in [5.74, 6) is -1.29. The van der Waals surface area contributed by atoms with E-state index in [1.54, 1.807) is 13.8 Å². The number of nitrogens with zero attached hydrogens (tertiary/aromatic N) is 3. The van der Waals surface area contributed by atoms with Crippen molar-refractivity contribution in [2.24, 2.45) is 0 Å². The first-order valence-corrected chi connectivity index (χ1v) is 9.26. The van der Waals surface area contributed by atoms with E-state index in [0.717, 1.165) is 0 Å². The van der Waals surface area contributed by atoms with Crippen LogP contribution in [0, 0.1) is 13.8 Å². The number of carbonyl (C=O) groups excluding carboxylic acids is 2. The Bertz CT molecular complexity index is 1020. The highest BCUT2D eigenvalue weighted by Gasteiger charge is 2.29. The molecule has 1 aliphatic rings. The van der Waals surface area contributed by atoms with Crippen LogP contribution in [0.25, 0.3) is 0 Å². The van der Waals surface area contributed by atoms with Crippen LogP contribution in [0.5, 0.6) is 5.75 Å². The molecule has 1 aliphatic carbocycles. The Morgan fingerprint density at radius 3 is 2.70 bits per heavy atom. The topological polar surface area (TPSA) is 94.3 Å². The molecule has 0 bridgehead atoms. The fraction of sp³-hybridized carbons (Fsp3) is 0.400. The van der Waals surface area contributed by atoms with E-state index in [-0.39, 0.29) is 42.0 Å². The molecule has 160 valence electrons. The third-order valence-corrected chi connectivity index (χ3v) is 4.81. The number of ketones is 2. The molecule has 1 atom stereocenters. The fourth-order valence-corrected chi connectivity index (χ4v) is 3.21. The maximum atomic E-state index is 13.2. The minimum atomic E-state index is -3.28. The van der Waals surface area contributed by atoms with E-state index in [0.29, 0.717) is 23.4 Å². The summed E-state index contributed by atoms with van der Waals surface area (Å²) in [5, 5.41) is 14.2. The number of alkyl halides is 3. The van der Waals surface area contributed by atoms with Crippen molar-refractivity contribution < 1.29 is 32.6 Å². The highest BCUT2D eigenvalue weighted by Crippen LogP contribution is 2.26. The highest BCUT2D eigenvalue weighted by atomic mass is 19.3. The summed E-state index contributed by atoms with van der Waals surface area (Å²) in [6, 6.07) is 1.28. The number of aliphatic hydroxyl groups excluding tert-OH is 1. The molecule has 1 unspecified atom stereocenters. The first-order chi connectivity index (χ1) is 14.2. The zero-order chi connectivity index (χ0) is 22.0. The van der Waals surface area contributed by atoms with Gasteiger partial charge in [0, 0.05) is 30.8 Å². The van der Waals surface area contributed by atoms with Gasteiger partial charge in [-0.25, -0.2) is 8.78 Å². The van der Waals surface area contributed by atoms with E-state index in [1.807, 2.05) is 0 Å². The first kappa shape index (κ1) is 21.5. The Balaban J connectivity index is 1.85. The number of halogens is 3. The largest absolute Gasteiger partial charge is 0.511 e. The lowest BCUT2D eigenvalue weighted by Crippen LogP contribution is -2.20. The molecule has 10 heteroatoms. The minimum absolute atomic E-state index is 0.0573. The summed E-state index contributed by atoms with van der Waals surface area (Å²) < 4.78 is 44.1. The summed E-state index contributed by atoms with van der Waals surface area (Å²) in [4.78, 5) is 29.0. The zero-order valence-corrected chi connectivity index (χ0v) is 16.4. The number of aryl methyl sites for hydroxylation is 1. The molecule has 0 aromatic carbocycles. The van der Waals surface area contributed by atoms with Crippen molar-refractivity contribution >= 4 is 11.6 Å². The Morgan fingerprint density at radius 1 is 1.30 bits per heavy atom. The molecule has 2 aromatic heterocycles. The molecule has 0 saturated heterocycles. The molecule has 0 aliphatic heterocycles. The van der Waals surface area contributed by atoms with Crippen molar-refractivity contribution in [3.05, 3.63) is 52.3 Å². The number of aromatic nitrogens is 3. The van der Waals surface area contributed by atoms with Crippen LogP contribution >= 0.6 is 0 Å². The number of hydrogen-bond acceptors (Lipinski definition) is 6. The standard InChI is InChI=1S/C20H20F3N3O4/c1-10-13(24-7-6-16(10)30-20(23)19(21)22)9-26-8-12(11(2)25-26)18(29)17-14(27)4-3-5-15(17)28/h6-8,19-20,27H,3-5,9H2,1-2H3. The average Bonchev–Trinajstić information content (AvgIpc) is 3.04. The predicted molar refractivity (Wildman–Crippen MR) is 99.4 cm³/mol. The number of allylic oxidation sites excluding steroid dienone is 2. The smallest absolute Gasteiger partial charge is 0.304 e. The molecule has 0 fully saturated rings. The van der Waals surface area contributed by atoms with E-state index < -0.39 is 24.3 Å². The van der Waals surface area contributed by atoms with Crippen LogP contribution in [0.1, 0.15) is 46.6 Å². The van der Waals surface area contributed by atoms with Gasteiger partial charge in [-0.05, 0) is 26.3 Å². The van der Waals surface area contributed by atoms with Gasteiger partial charge in [-0.1, -0.05) is 0 Å². The molecule has 30 heavy (non-hydrogen) atoms. The number of Topliss-reactive ketones (excluding diaryl/α,β-unsaturated/α-hetero) is 2. The normalized spacial score (nSPS) is 15.6. The van der Waals surface area contributed by atoms with E-state index in [1.165, 1.54) is 23.1 Å². The molecule has 1 N–H and O–H groups in total. The summed E-state index contributed by atoms with van der Waals surface area (Å²) in [6.07, 6.45) is -2.37. The Morgan fingerprint density at radius 2 is 2.03 bits per heavy atom. The van der Waals surface area contributed by atoms with Gasteiger partial charge in [-0.15, -0.1) is 0 Å². The van der Waals surface area contributed by atoms with E-state index in [9.17, 15) is 27.9 Å². The third kappa shape index (κ3) is 4.37. The molecular weight excluding hydrogens is 403 g/mol. The number of hydrogen-bond donors (Lipinski definition) is 1. The van der Waals surface area contributed by atoms with Crippen molar-refractivity contribution in [3.63, 3.8) is 0 Å². The second-order valence-corrected chi connectivity index (χ2v) is 6.94. The van der Waals surface area contributed by atoms with E-state index in [2.05, 4.69) is 14.8 Å². The quantitative estimate of drug-likeness (QED) is 0.540. The number of ether oxygens (including phenoxy) is 1. The van der Waals surface area contributed by atoms with Gasteiger partial charge >= 0.3 is 6.43 Å². The molecule has 0 radical (unpaired) electrons. The van der Waals surface area contributed by atoms with Gasteiger partial charge in [0.25, 0.3) is 6.36 Å². The van der Waals surface area contributed by atoms with Gasteiger partial charge in [-0.3, -0.25) is 19.3 Å². The van der Waals surface area contributed by atoms with Gasteiger partial charge in [0.15, 0.2) is 5.78 Å². The van der Waals surface area contributed by atoms with E-state index in [4.69, 9.17) is 0 Å². The molecule has 0 spiro atoms. The predicted octanol–water partition coefficient (Wildman–Crippen LogP) is 3.63. The molecule has 3 rings (SSSR count). The van der Waals surface area contributed by atoms with Gasteiger partial charge < -0.3 is 9.84 Å². The fourth-order valence-electron chi connectivity index (χ4n) is 3.21. The number of aliphatic hydroxyl groups is 1. The Hall–Kier alpha value is -3.17. The zero-order valence-electron chi connectivity index (χ0n) is 16.4. The van der Waals surface area contributed by atoms with Crippen LogP contribution in [-0.2, 0) is 11.3 Å². The minimum Gasteiger partial charge on any atom is -0.511 e. The molecular formula is C20H20F3N3O4. The molecule has 2 heterocycles. The number of carbonyl (C=O) groups is 2. The number of rotatable bonds is 7. The Labute approximate surface area is 170 Å². The van der Waals surface area contributed by atoms with Crippen molar-refractivity contribution in [1.29, 1.82) is 0 Å². The second kappa shape index (κ2) is 8.68. The molecule has 2 aromatic rings. The summed E-state index contributed by atoms with van der Waals surface area (Å²) in [6.45, 7) is 3.19.